The van der Waals surface area contributed by atoms with Gasteiger partial charge >= 0.3 is 5.97 Å². The molecule has 2 fully saturated rings. The lowest BCUT2D eigenvalue weighted by atomic mass is 9.97. The number of piperazine rings is 1. The number of anilines is 1. The van der Waals surface area contributed by atoms with E-state index in [9.17, 15) is 14.7 Å². The number of carboxylic acid groups (broad SMARTS) is 1. The molecular formula is C40H47N5O6. The van der Waals surface area contributed by atoms with Gasteiger partial charge in [-0.05, 0) is 46.7 Å². The number of aliphatic hydroxyl groups excluding tert-OH is 1. The van der Waals surface area contributed by atoms with Gasteiger partial charge < -0.3 is 29.9 Å². The molecule has 3 heterocycles. The average molecular weight is 694 g/mol. The van der Waals surface area contributed by atoms with E-state index in [4.69, 9.17) is 14.6 Å². The number of carbonyl (C=O) groups is 2. The molecule has 0 radical (unpaired) electrons. The Morgan fingerprint density at radius 2 is 1.51 bits per heavy atom. The molecule has 3 atom stereocenters. The maximum Gasteiger partial charge on any atom is 0.303 e. The molecule has 11 heteroatoms. The molecule has 0 saturated carbocycles. The third kappa shape index (κ3) is 10.2. The topological polar surface area (TPSA) is 137 Å². The monoisotopic (exact) mass is 693 g/mol. The number of nitrogens with one attached hydrogen (secondary N) is 1. The Balaban J connectivity index is 1.10. The van der Waals surface area contributed by atoms with Crippen molar-refractivity contribution in [1.82, 2.24) is 20.2 Å². The molecule has 3 aromatic carbocycles. The highest BCUT2D eigenvalue weighted by Gasteiger charge is 2.34. The van der Waals surface area contributed by atoms with E-state index in [0.717, 1.165) is 84.9 Å². The smallest absolute Gasteiger partial charge is 0.303 e. The van der Waals surface area contributed by atoms with Crippen molar-refractivity contribution in [2.45, 2.75) is 70.2 Å². The standard InChI is InChI=1S/C40H47N5O6/c46-28-29-11-13-31(14-12-29)36-25-34(27-44-21-23-45(24-22-44)40-41-19-6-20-42-40)50-39(51-36)32-17-15-30(16-18-32)35-8-5-4-7-33(35)26-43-37(47)9-2-1-3-10-38(48)49/h4-8,11-20,34,36,39,46H,1-3,9-10,21-28H2,(H,43,47)(H,48,49). The Morgan fingerprint density at radius 3 is 2.24 bits per heavy atom. The summed E-state index contributed by atoms with van der Waals surface area (Å²) in [6.07, 6.45) is 6.00. The number of benzene rings is 3. The van der Waals surface area contributed by atoms with E-state index < -0.39 is 12.3 Å². The molecule has 268 valence electrons. The zero-order valence-corrected chi connectivity index (χ0v) is 28.9. The summed E-state index contributed by atoms with van der Waals surface area (Å²) in [7, 11) is 0. The van der Waals surface area contributed by atoms with Crippen molar-refractivity contribution in [2.24, 2.45) is 0 Å². The fourth-order valence-corrected chi connectivity index (χ4v) is 6.70. The lowest BCUT2D eigenvalue weighted by Gasteiger charge is -2.40. The molecule has 0 bridgehead atoms. The van der Waals surface area contributed by atoms with Crippen LogP contribution in [0, 0.1) is 0 Å². The molecule has 0 spiro atoms. The Bertz CT molecular complexity index is 1700. The zero-order valence-electron chi connectivity index (χ0n) is 28.9. The van der Waals surface area contributed by atoms with Crippen molar-refractivity contribution >= 4 is 17.8 Å². The van der Waals surface area contributed by atoms with Gasteiger partial charge in [0.2, 0.25) is 11.9 Å². The van der Waals surface area contributed by atoms with Gasteiger partial charge in [0.1, 0.15) is 0 Å². The van der Waals surface area contributed by atoms with Gasteiger partial charge in [-0.1, -0.05) is 79.2 Å². The normalized spacial score (nSPS) is 19.5. The second kappa shape index (κ2) is 18.0. The first-order valence-electron chi connectivity index (χ1n) is 17.9. The van der Waals surface area contributed by atoms with Crippen molar-refractivity contribution in [2.75, 3.05) is 37.6 Å². The Labute approximate surface area is 299 Å². The number of nitrogens with zero attached hydrogens (tertiary/aromatic N) is 4. The minimum atomic E-state index is -0.804. The summed E-state index contributed by atoms with van der Waals surface area (Å²) in [4.78, 5) is 36.7. The molecule has 2 saturated heterocycles. The number of unbranched alkanes of at least 4 members (excludes halogenated alkanes) is 2. The molecule has 1 amide bonds. The van der Waals surface area contributed by atoms with Crippen LogP contribution < -0.4 is 10.2 Å². The van der Waals surface area contributed by atoms with Crippen LogP contribution in [0.25, 0.3) is 11.1 Å². The van der Waals surface area contributed by atoms with Crippen LogP contribution in [0.1, 0.15) is 73.2 Å². The maximum absolute atomic E-state index is 12.5. The Hall–Kier alpha value is -4.68. The van der Waals surface area contributed by atoms with Gasteiger partial charge in [-0.15, -0.1) is 0 Å². The van der Waals surface area contributed by atoms with E-state index in [-0.39, 0.29) is 31.1 Å². The van der Waals surface area contributed by atoms with Crippen LogP contribution >= 0.6 is 0 Å². The minimum absolute atomic E-state index is 0.00179. The zero-order chi connectivity index (χ0) is 35.4. The highest BCUT2D eigenvalue weighted by Crippen LogP contribution is 2.39. The van der Waals surface area contributed by atoms with Gasteiger partial charge in [-0.3, -0.25) is 14.5 Å². The number of aliphatic hydroxyl groups is 1. The Kier molecular flexibility index (Phi) is 12.8. The number of rotatable bonds is 15. The summed E-state index contributed by atoms with van der Waals surface area (Å²) >= 11 is 0. The van der Waals surface area contributed by atoms with E-state index in [1.54, 1.807) is 12.4 Å². The Morgan fingerprint density at radius 1 is 0.804 bits per heavy atom. The number of carbonyl (C=O) groups excluding carboxylic acids is 1. The summed E-state index contributed by atoms with van der Waals surface area (Å²) in [5, 5.41) is 21.4. The van der Waals surface area contributed by atoms with E-state index in [0.29, 0.717) is 25.8 Å². The van der Waals surface area contributed by atoms with Crippen LogP contribution in [0.2, 0.25) is 0 Å². The molecule has 3 N–H and O–H groups in total. The predicted molar refractivity (Wildman–Crippen MR) is 194 cm³/mol. The molecule has 2 aliphatic heterocycles. The highest BCUT2D eigenvalue weighted by atomic mass is 16.7. The first kappa shape index (κ1) is 36.1. The second-order valence-electron chi connectivity index (χ2n) is 13.2. The molecule has 51 heavy (non-hydrogen) atoms. The number of hydrogen-bond acceptors (Lipinski definition) is 9. The summed E-state index contributed by atoms with van der Waals surface area (Å²) in [6.45, 7) is 4.67. The molecule has 11 nitrogen and oxygen atoms in total. The van der Waals surface area contributed by atoms with E-state index >= 15 is 0 Å². The fraction of sp³-hybridized carbons (Fsp3) is 0.400. The van der Waals surface area contributed by atoms with Crippen LogP contribution in [-0.4, -0.2) is 75.8 Å². The molecule has 0 aliphatic carbocycles. The van der Waals surface area contributed by atoms with Gasteiger partial charge in [0, 0.05) is 76.5 Å². The average Bonchev–Trinajstić information content (AvgIpc) is 3.17. The quantitative estimate of drug-likeness (QED) is 0.134. The highest BCUT2D eigenvalue weighted by molar-refractivity contribution is 5.76. The molecular weight excluding hydrogens is 646 g/mol. The molecule has 6 rings (SSSR count). The van der Waals surface area contributed by atoms with Gasteiger partial charge in [0.25, 0.3) is 0 Å². The first-order valence-corrected chi connectivity index (χ1v) is 17.9. The summed E-state index contributed by atoms with van der Waals surface area (Å²) in [6, 6.07) is 26.1. The largest absolute Gasteiger partial charge is 0.481 e. The van der Waals surface area contributed by atoms with Crippen LogP contribution in [0.5, 0.6) is 0 Å². The summed E-state index contributed by atoms with van der Waals surface area (Å²) < 4.78 is 13.3. The maximum atomic E-state index is 12.5. The van der Waals surface area contributed by atoms with Crippen LogP contribution in [0.4, 0.5) is 5.95 Å². The summed E-state index contributed by atoms with van der Waals surface area (Å²) in [5.41, 5.74) is 5.93. The van der Waals surface area contributed by atoms with Crippen molar-refractivity contribution < 1.29 is 29.3 Å². The van der Waals surface area contributed by atoms with Crippen molar-refractivity contribution in [3.05, 3.63) is 114 Å². The SMILES string of the molecule is O=C(O)CCCCCC(=O)NCc1ccccc1-c1ccc(C2OC(CN3CCN(c4ncccn4)CC3)CC(c3ccc(CO)cc3)O2)cc1. The van der Waals surface area contributed by atoms with E-state index in [1.165, 1.54) is 0 Å². The minimum Gasteiger partial charge on any atom is -0.481 e. The predicted octanol–water partition coefficient (Wildman–Crippen LogP) is 5.65. The van der Waals surface area contributed by atoms with Gasteiger partial charge in [-0.2, -0.15) is 0 Å². The van der Waals surface area contributed by atoms with Gasteiger partial charge in [0.15, 0.2) is 6.29 Å². The molecule has 2 aliphatic rings. The summed E-state index contributed by atoms with van der Waals surface area (Å²) in [5.74, 6) is -0.0742. The van der Waals surface area contributed by atoms with E-state index in [1.807, 2.05) is 48.5 Å². The number of aromatic nitrogens is 2. The lowest BCUT2D eigenvalue weighted by molar-refractivity contribution is -0.253. The third-order valence-corrected chi connectivity index (χ3v) is 9.57. The van der Waals surface area contributed by atoms with Gasteiger partial charge in [0.05, 0.1) is 18.8 Å². The molecule has 4 aromatic rings. The van der Waals surface area contributed by atoms with E-state index in [2.05, 4.69) is 55.4 Å². The van der Waals surface area contributed by atoms with Crippen LogP contribution in [-0.2, 0) is 32.2 Å². The van der Waals surface area contributed by atoms with Crippen molar-refractivity contribution in [3.8, 4) is 11.1 Å². The second-order valence-corrected chi connectivity index (χ2v) is 13.2. The molecule has 1 aromatic heterocycles. The third-order valence-electron chi connectivity index (χ3n) is 9.57. The number of amides is 1. The lowest BCUT2D eigenvalue weighted by Crippen LogP contribution is -2.50. The van der Waals surface area contributed by atoms with Crippen LogP contribution in [0.15, 0.2) is 91.3 Å². The van der Waals surface area contributed by atoms with Crippen molar-refractivity contribution in [1.29, 1.82) is 0 Å². The number of hydrogen-bond donors (Lipinski definition) is 3. The number of ether oxygens (including phenoxy) is 2. The fourth-order valence-electron chi connectivity index (χ4n) is 6.70. The van der Waals surface area contributed by atoms with Crippen LogP contribution in [0.3, 0.4) is 0 Å². The molecule has 3 unspecified atom stereocenters. The van der Waals surface area contributed by atoms with Crippen molar-refractivity contribution in [3.63, 3.8) is 0 Å². The number of carboxylic acids is 1. The van der Waals surface area contributed by atoms with Gasteiger partial charge in [-0.25, -0.2) is 9.97 Å². The first-order chi connectivity index (χ1) is 24.9. The number of aliphatic carboxylic acids is 1.